The fourth-order valence-electron chi connectivity index (χ4n) is 5.73. The lowest BCUT2D eigenvalue weighted by Gasteiger charge is -2.60. The van der Waals surface area contributed by atoms with Crippen molar-refractivity contribution < 1.29 is 9.90 Å². The number of rotatable bonds is 5. The number of nitrogens with one attached hydrogen (secondary N) is 1. The van der Waals surface area contributed by atoms with Crippen LogP contribution in [-0.4, -0.2) is 23.7 Å². The SMILES string of the molecule is CCC(O)CCNC(=O)C12CC3CC(CC(C)(C3)C1)C2. The zero-order chi connectivity index (χ0) is 14.4. The molecular weight excluding hydrogens is 250 g/mol. The molecule has 0 aromatic rings. The number of aliphatic hydroxyl groups is 1. The van der Waals surface area contributed by atoms with E-state index in [1.165, 1.54) is 19.3 Å². The van der Waals surface area contributed by atoms with Crippen molar-refractivity contribution in [3.05, 3.63) is 0 Å². The van der Waals surface area contributed by atoms with Gasteiger partial charge in [0.05, 0.1) is 11.5 Å². The number of hydrogen-bond donors (Lipinski definition) is 2. The van der Waals surface area contributed by atoms with Crippen LogP contribution in [0.3, 0.4) is 0 Å². The second-order valence-corrected chi connectivity index (χ2v) is 8.16. The molecule has 2 N–H and O–H groups in total. The summed E-state index contributed by atoms with van der Waals surface area (Å²) in [6.07, 6.45) is 8.53. The number of carbonyl (C=O) groups is 1. The van der Waals surface area contributed by atoms with Crippen molar-refractivity contribution in [2.24, 2.45) is 22.7 Å². The Labute approximate surface area is 122 Å². The fraction of sp³-hybridized carbons (Fsp3) is 0.941. The van der Waals surface area contributed by atoms with Crippen LogP contribution in [0, 0.1) is 22.7 Å². The van der Waals surface area contributed by atoms with Gasteiger partial charge in [-0.25, -0.2) is 0 Å². The van der Waals surface area contributed by atoms with Crippen LogP contribution in [0.4, 0.5) is 0 Å². The minimum Gasteiger partial charge on any atom is -0.393 e. The van der Waals surface area contributed by atoms with Crippen molar-refractivity contribution in [3.8, 4) is 0 Å². The normalized spacial score (nSPS) is 43.5. The van der Waals surface area contributed by atoms with Gasteiger partial charge in [-0.15, -0.1) is 0 Å². The van der Waals surface area contributed by atoms with Gasteiger partial charge in [-0.1, -0.05) is 13.8 Å². The van der Waals surface area contributed by atoms with Crippen molar-refractivity contribution in [3.63, 3.8) is 0 Å². The number of amides is 1. The Morgan fingerprint density at radius 2 is 1.95 bits per heavy atom. The summed E-state index contributed by atoms with van der Waals surface area (Å²) in [7, 11) is 0. The Hall–Kier alpha value is -0.570. The third kappa shape index (κ3) is 2.49. The number of aliphatic hydroxyl groups excluding tert-OH is 1. The van der Waals surface area contributed by atoms with E-state index in [0.717, 1.165) is 37.5 Å². The molecule has 4 bridgehead atoms. The standard InChI is InChI=1S/C17H29NO2/c1-3-14(19)4-5-18-15(20)17-9-12-6-13(10-17)8-16(2,7-12)11-17/h12-14,19H,3-11H2,1-2H3,(H,18,20). The van der Waals surface area contributed by atoms with Gasteiger partial charge in [-0.2, -0.15) is 0 Å². The maximum atomic E-state index is 12.7. The smallest absolute Gasteiger partial charge is 0.226 e. The molecule has 4 aliphatic rings. The van der Waals surface area contributed by atoms with Crippen molar-refractivity contribution in [2.75, 3.05) is 6.54 Å². The highest BCUT2D eigenvalue weighted by atomic mass is 16.3. The molecule has 0 spiro atoms. The maximum absolute atomic E-state index is 12.7. The molecule has 4 aliphatic carbocycles. The van der Waals surface area contributed by atoms with Crippen LogP contribution in [-0.2, 0) is 4.79 Å². The molecule has 3 unspecified atom stereocenters. The van der Waals surface area contributed by atoms with Crippen LogP contribution in [0.5, 0.6) is 0 Å². The first-order valence-corrected chi connectivity index (χ1v) is 8.41. The summed E-state index contributed by atoms with van der Waals surface area (Å²) in [6, 6.07) is 0. The summed E-state index contributed by atoms with van der Waals surface area (Å²) in [6.45, 7) is 5.00. The van der Waals surface area contributed by atoms with E-state index in [0.29, 0.717) is 18.4 Å². The van der Waals surface area contributed by atoms with E-state index in [9.17, 15) is 9.90 Å². The van der Waals surface area contributed by atoms with Crippen LogP contribution in [0.1, 0.15) is 65.2 Å². The molecule has 0 saturated heterocycles. The van der Waals surface area contributed by atoms with Crippen molar-refractivity contribution in [1.82, 2.24) is 5.32 Å². The van der Waals surface area contributed by atoms with Gasteiger partial charge >= 0.3 is 0 Å². The summed E-state index contributed by atoms with van der Waals surface area (Å²) < 4.78 is 0. The Bertz CT molecular complexity index is 378. The molecule has 4 fully saturated rings. The van der Waals surface area contributed by atoms with E-state index in [4.69, 9.17) is 0 Å². The molecule has 3 heteroatoms. The monoisotopic (exact) mass is 279 g/mol. The van der Waals surface area contributed by atoms with Gasteiger partial charge < -0.3 is 10.4 Å². The van der Waals surface area contributed by atoms with Gasteiger partial charge in [0, 0.05) is 6.54 Å². The molecule has 20 heavy (non-hydrogen) atoms. The molecule has 4 rings (SSSR count). The maximum Gasteiger partial charge on any atom is 0.226 e. The first-order valence-electron chi connectivity index (χ1n) is 8.41. The average Bonchev–Trinajstić information content (AvgIpc) is 2.35. The third-order valence-corrected chi connectivity index (χ3v) is 6.07. The Balaban J connectivity index is 1.62. The molecule has 0 radical (unpaired) electrons. The molecule has 4 saturated carbocycles. The van der Waals surface area contributed by atoms with Crippen LogP contribution < -0.4 is 5.32 Å². The summed E-state index contributed by atoms with van der Waals surface area (Å²) in [5, 5.41) is 12.7. The summed E-state index contributed by atoms with van der Waals surface area (Å²) in [4.78, 5) is 12.7. The highest BCUT2D eigenvalue weighted by molar-refractivity contribution is 5.83. The third-order valence-electron chi connectivity index (χ3n) is 6.07. The van der Waals surface area contributed by atoms with Crippen LogP contribution in [0.15, 0.2) is 0 Å². The fourth-order valence-corrected chi connectivity index (χ4v) is 5.73. The molecule has 114 valence electrons. The van der Waals surface area contributed by atoms with E-state index in [2.05, 4.69) is 12.2 Å². The highest BCUT2D eigenvalue weighted by Gasteiger charge is 2.58. The van der Waals surface area contributed by atoms with Gasteiger partial charge in [-0.3, -0.25) is 4.79 Å². The van der Waals surface area contributed by atoms with Gasteiger partial charge in [-0.05, 0) is 68.6 Å². The van der Waals surface area contributed by atoms with Gasteiger partial charge in [0.15, 0.2) is 0 Å². The van der Waals surface area contributed by atoms with E-state index < -0.39 is 0 Å². The van der Waals surface area contributed by atoms with Gasteiger partial charge in [0.1, 0.15) is 0 Å². The summed E-state index contributed by atoms with van der Waals surface area (Å²) in [5.41, 5.74) is 0.348. The van der Waals surface area contributed by atoms with Crippen molar-refractivity contribution >= 4 is 5.91 Å². The second kappa shape index (κ2) is 5.01. The lowest BCUT2D eigenvalue weighted by Crippen LogP contribution is -2.56. The Morgan fingerprint density at radius 3 is 2.50 bits per heavy atom. The molecule has 3 nitrogen and oxygen atoms in total. The highest BCUT2D eigenvalue weighted by Crippen LogP contribution is 2.65. The van der Waals surface area contributed by atoms with E-state index in [1.54, 1.807) is 0 Å². The first-order chi connectivity index (χ1) is 9.45. The molecule has 0 heterocycles. The number of carbonyl (C=O) groups excluding carboxylic acids is 1. The van der Waals surface area contributed by atoms with Crippen LogP contribution >= 0.6 is 0 Å². The largest absolute Gasteiger partial charge is 0.393 e. The molecular formula is C17H29NO2. The first kappa shape index (κ1) is 14.4. The minimum absolute atomic E-state index is 0.0734. The van der Waals surface area contributed by atoms with Gasteiger partial charge in [0.25, 0.3) is 0 Å². The Kier molecular flexibility index (Phi) is 3.60. The van der Waals surface area contributed by atoms with Crippen LogP contribution in [0.25, 0.3) is 0 Å². The Morgan fingerprint density at radius 1 is 1.30 bits per heavy atom. The molecule has 0 aliphatic heterocycles. The average molecular weight is 279 g/mol. The predicted molar refractivity (Wildman–Crippen MR) is 79.1 cm³/mol. The van der Waals surface area contributed by atoms with E-state index >= 15 is 0 Å². The van der Waals surface area contributed by atoms with Crippen molar-refractivity contribution in [1.29, 1.82) is 0 Å². The van der Waals surface area contributed by atoms with Crippen LogP contribution in [0.2, 0.25) is 0 Å². The molecule has 0 aromatic heterocycles. The molecule has 1 amide bonds. The number of hydrogen-bond acceptors (Lipinski definition) is 2. The summed E-state index contributed by atoms with van der Waals surface area (Å²) in [5.74, 6) is 1.85. The lowest BCUT2D eigenvalue weighted by molar-refractivity contribution is -0.155. The predicted octanol–water partition coefficient (Wildman–Crippen LogP) is 2.87. The van der Waals surface area contributed by atoms with Gasteiger partial charge in [0.2, 0.25) is 5.91 Å². The second-order valence-electron chi connectivity index (χ2n) is 8.16. The zero-order valence-corrected chi connectivity index (χ0v) is 13.0. The molecule has 0 aromatic carbocycles. The van der Waals surface area contributed by atoms with E-state index in [1.807, 2.05) is 6.92 Å². The van der Waals surface area contributed by atoms with Crippen molar-refractivity contribution in [2.45, 2.75) is 71.3 Å². The zero-order valence-electron chi connectivity index (χ0n) is 13.0. The lowest BCUT2D eigenvalue weighted by atomic mass is 9.44. The quantitative estimate of drug-likeness (QED) is 0.813. The topological polar surface area (TPSA) is 49.3 Å². The summed E-state index contributed by atoms with van der Waals surface area (Å²) >= 11 is 0. The van der Waals surface area contributed by atoms with E-state index in [-0.39, 0.29) is 17.4 Å². The molecule has 3 atom stereocenters. The minimum atomic E-state index is -0.274.